The maximum Gasteiger partial charge on any atom is 0.202 e. The SMILES string of the molecule is CCc1ccc(C(=O)c2ccc3c(c2)CC(C)(C)O3)s1. The number of hydrogen-bond donors (Lipinski definition) is 0. The Morgan fingerprint density at radius 2 is 2.10 bits per heavy atom. The second-order valence-corrected chi connectivity index (χ2v) is 6.98. The summed E-state index contributed by atoms with van der Waals surface area (Å²) in [5, 5.41) is 0. The van der Waals surface area contributed by atoms with E-state index in [-0.39, 0.29) is 11.4 Å². The third-order valence-electron chi connectivity index (χ3n) is 3.56. The molecule has 1 aliphatic rings. The van der Waals surface area contributed by atoms with Crippen LogP contribution in [0.25, 0.3) is 0 Å². The first-order valence-corrected chi connectivity index (χ1v) is 7.75. The fourth-order valence-corrected chi connectivity index (χ4v) is 3.49. The highest BCUT2D eigenvalue weighted by atomic mass is 32.1. The van der Waals surface area contributed by atoms with Crippen LogP contribution in [0.4, 0.5) is 0 Å². The van der Waals surface area contributed by atoms with E-state index >= 15 is 0 Å². The van der Waals surface area contributed by atoms with E-state index < -0.39 is 0 Å². The molecule has 2 nitrogen and oxygen atoms in total. The minimum atomic E-state index is -0.164. The summed E-state index contributed by atoms with van der Waals surface area (Å²) in [6.07, 6.45) is 1.83. The Bertz CT molecular complexity index is 667. The minimum absolute atomic E-state index is 0.113. The zero-order chi connectivity index (χ0) is 14.3. The van der Waals surface area contributed by atoms with Gasteiger partial charge in [0, 0.05) is 16.9 Å². The van der Waals surface area contributed by atoms with Crippen LogP contribution in [0.15, 0.2) is 30.3 Å². The van der Waals surface area contributed by atoms with Crippen molar-refractivity contribution in [1.82, 2.24) is 0 Å². The standard InChI is InChI=1S/C17H18O2S/c1-4-13-6-8-15(20-13)16(18)11-5-7-14-12(9-11)10-17(2,3)19-14/h5-9H,4,10H2,1-3H3. The first kappa shape index (κ1) is 13.4. The zero-order valence-corrected chi connectivity index (χ0v) is 12.8. The summed E-state index contributed by atoms with van der Waals surface area (Å²) >= 11 is 1.59. The van der Waals surface area contributed by atoms with Gasteiger partial charge in [-0.15, -0.1) is 11.3 Å². The topological polar surface area (TPSA) is 26.3 Å². The van der Waals surface area contributed by atoms with Gasteiger partial charge in [-0.1, -0.05) is 6.92 Å². The third-order valence-corrected chi connectivity index (χ3v) is 4.79. The molecule has 0 unspecified atom stereocenters. The van der Waals surface area contributed by atoms with E-state index in [2.05, 4.69) is 20.8 Å². The molecule has 0 saturated heterocycles. The molecule has 0 radical (unpaired) electrons. The van der Waals surface area contributed by atoms with Gasteiger partial charge in [0.2, 0.25) is 5.78 Å². The molecule has 1 aromatic carbocycles. The van der Waals surface area contributed by atoms with E-state index in [0.29, 0.717) is 0 Å². The maximum atomic E-state index is 12.5. The van der Waals surface area contributed by atoms with E-state index in [9.17, 15) is 4.79 Å². The van der Waals surface area contributed by atoms with Gasteiger partial charge in [0.15, 0.2) is 0 Å². The molecule has 3 rings (SSSR count). The van der Waals surface area contributed by atoms with Gasteiger partial charge in [-0.2, -0.15) is 0 Å². The lowest BCUT2D eigenvalue weighted by Crippen LogP contribution is -2.24. The molecule has 20 heavy (non-hydrogen) atoms. The van der Waals surface area contributed by atoms with Crippen LogP contribution in [0.5, 0.6) is 5.75 Å². The Balaban J connectivity index is 1.90. The molecule has 0 N–H and O–H groups in total. The van der Waals surface area contributed by atoms with E-state index in [4.69, 9.17) is 4.74 Å². The van der Waals surface area contributed by atoms with Crippen LogP contribution in [0, 0.1) is 0 Å². The summed E-state index contributed by atoms with van der Waals surface area (Å²) < 4.78 is 5.85. The number of rotatable bonds is 3. The molecule has 0 spiro atoms. The highest BCUT2D eigenvalue weighted by Gasteiger charge is 2.30. The summed E-state index contributed by atoms with van der Waals surface area (Å²) in [7, 11) is 0. The molecule has 104 valence electrons. The lowest BCUT2D eigenvalue weighted by atomic mass is 9.99. The molecule has 0 saturated carbocycles. The van der Waals surface area contributed by atoms with Gasteiger partial charge in [-0.05, 0) is 56.2 Å². The monoisotopic (exact) mass is 286 g/mol. The van der Waals surface area contributed by atoms with Crippen molar-refractivity contribution in [3.05, 3.63) is 51.2 Å². The van der Waals surface area contributed by atoms with E-state index in [1.54, 1.807) is 11.3 Å². The largest absolute Gasteiger partial charge is 0.487 e. The van der Waals surface area contributed by atoms with Crippen LogP contribution < -0.4 is 4.74 Å². The van der Waals surface area contributed by atoms with Crippen LogP contribution >= 0.6 is 11.3 Å². The molecule has 3 heteroatoms. The Morgan fingerprint density at radius 3 is 2.80 bits per heavy atom. The number of aryl methyl sites for hydroxylation is 1. The maximum absolute atomic E-state index is 12.5. The number of hydrogen-bond acceptors (Lipinski definition) is 3. The summed E-state index contributed by atoms with van der Waals surface area (Å²) in [6.45, 7) is 6.25. The quantitative estimate of drug-likeness (QED) is 0.788. The van der Waals surface area contributed by atoms with E-state index in [1.807, 2.05) is 30.3 Å². The highest BCUT2D eigenvalue weighted by Crippen LogP contribution is 2.35. The van der Waals surface area contributed by atoms with Crippen molar-refractivity contribution in [2.45, 2.75) is 39.2 Å². The van der Waals surface area contributed by atoms with Gasteiger partial charge in [0.25, 0.3) is 0 Å². The van der Waals surface area contributed by atoms with Crippen molar-refractivity contribution < 1.29 is 9.53 Å². The van der Waals surface area contributed by atoms with Gasteiger partial charge in [0.05, 0.1) is 4.88 Å². The molecular weight excluding hydrogens is 268 g/mol. The summed E-state index contributed by atoms with van der Waals surface area (Å²) in [6, 6.07) is 9.74. The molecule has 2 aromatic rings. The number of thiophene rings is 1. The van der Waals surface area contributed by atoms with Crippen LogP contribution in [0.1, 0.15) is 46.4 Å². The first-order chi connectivity index (χ1) is 9.48. The summed E-state index contributed by atoms with van der Waals surface area (Å²) in [4.78, 5) is 14.6. The predicted octanol–water partition coefficient (Wildman–Crippen LogP) is 4.26. The van der Waals surface area contributed by atoms with Gasteiger partial charge in [0.1, 0.15) is 11.4 Å². The van der Waals surface area contributed by atoms with Crippen molar-refractivity contribution >= 4 is 17.1 Å². The van der Waals surface area contributed by atoms with Crippen molar-refractivity contribution in [3.63, 3.8) is 0 Å². The molecule has 0 atom stereocenters. The van der Waals surface area contributed by atoms with Crippen LogP contribution in [-0.4, -0.2) is 11.4 Å². The van der Waals surface area contributed by atoms with Crippen LogP contribution in [-0.2, 0) is 12.8 Å². The minimum Gasteiger partial charge on any atom is -0.487 e. The molecule has 0 fully saturated rings. The molecule has 1 aliphatic heterocycles. The highest BCUT2D eigenvalue weighted by molar-refractivity contribution is 7.14. The lowest BCUT2D eigenvalue weighted by molar-refractivity contribution is 0.104. The van der Waals surface area contributed by atoms with Gasteiger partial charge in [-0.25, -0.2) is 0 Å². The van der Waals surface area contributed by atoms with Crippen molar-refractivity contribution in [3.8, 4) is 5.75 Å². The predicted molar refractivity (Wildman–Crippen MR) is 82.0 cm³/mol. The Morgan fingerprint density at radius 1 is 1.30 bits per heavy atom. The van der Waals surface area contributed by atoms with Gasteiger partial charge < -0.3 is 4.74 Å². The van der Waals surface area contributed by atoms with Crippen LogP contribution in [0.2, 0.25) is 0 Å². The van der Waals surface area contributed by atoms with Crippen molar-refractivity contribution in [2.24, 2.45) is 0 Å². The molecule has 0 bridgehead atoms. The second-order valence-electron chi connectivity index (χ2n) is 5.81. The smallest absolute Gasteiger partial charge is 0.202 e. The fourth-order valence-electron chi connectivity index (χ4n) is 2.58. The average Bonchev–Trinajstić information content (AvgIpc) is 2.98. The van der Waals surface area contributed by atoms with Gasteiger partial charge >= 0.3 is 0 Å². The Labute approximate surface area is 123 Å². The molecule has 1 aromatic heterocycles. The number of ether oxygens (including phenoxy) is 1. The van der Waals surface area contributed by atoms with Gasteiger partial charge in [-0.3, -0.25) is 4.79 Å². The molecular formula is C17H18O2S. The average molecular weight is 286 g/mol. The van der Waals surface area contributed by atoms with Crippen molar-refractivity contribution in [2.75, 3.05) is 0 Å². The first-order valence-electron chi connectivity index (χ1n) is 6.94. The number of benzene rings is 1. The number of carbonyl (C=O) groups excluding carboxylic acids is 1. The Hall–Kier alpha value is -1.61. The summed E-state index contributed by atoms with van der Waals surface area (Å²) in [5.74, 6) is 1.02. The zero-order valence-electron chi connectivity index (χ0n) is 12.0. The fraction of sp³-hybridized carbons (Fsp3) is 0.353. The summed E-state index contributed by atoms with van der Waals surface area (Å²) in [5.41, 5.74) is 1.73. The van der Waals surface area contributed by atoms with Crippen LogP contribution in [0.3, 0.4) is 0 Å². The third kappa shape index (κ3) is 2.38. The number of fused-ring (bicyclic) bond motifs is 1. The number of ketones is 1. The lowest BCUT2D eigenvalue weighted by Gasteiger charge is -2.16. The Kier molecular flexibility index (Phi) is 3.17. The molecule has 0 amide bonds. The van der Waals surface area contributed by atoms with E-state index in [1.165, 1.54) is 4.88 Å². The van der Waals surface area contributed by atoms with E-state index in [0.717, 1.165) is 34.6 Å². The normalized spacial score (nSPS) is 15.8. The number of carbonyl (C=O) groups is 1. The molecule has 0 aliphatic carbocycles. The second kappa shape index (κ2) is 4.74. The molecule has 2 heterocycles. The van der Waals surface area contributed by atoms with Crippen molar-refractivity contribution in [1.29, 1.82) is 0 Å².